The molecule has 0 radical (unpaired) electrons. The lowest BCUT2D eigenvalue weighted by Crippen LogP contribution is -2.57. The smallest absolute Gasteiger partial charge is 0.228 e. The van der Waals surface area contributed by atoms with Crippen LogP contribution in [0.25, 0.3) is 5.69 Å². The third kappa shape index (κ3) is 5.91. The van der Waals surface area contributed by atoms with Gasteiger partial charge in [-0.15, -0.1) is 10.2 Å². The molecule has 0 spiro atoms. The molecule has 1 aliphatic heterocycles. The SMILES string of the molecule is Cc1nnc(SCCCCC(=O)N2CCN(C(=O)C(C)(C)C)C(C)C2)n1-c1ccccc1. The van der Waals surface area contributed by atoms with E-state index in [1.165, 1.54) is 0 Å². The van der Waals surface area contributed by atoms with Crippen molar-refractivity contribution in [1.82, 2.24) is 24.6 Å². The van der Waals surface area contributed by atoms with Crippen molar-refractivity contribution in [3.8, 4) is 5.69 Å². The van der Waals surface area contributed by atoms with Gasteiger partial charge in [-0.05, 0) is 38.8 Å². The van der Waals surface area contributed by atoms with Gasteiger partial charge in [-0.25, -0.2) is 0 Å². The van der Waals surface area contributed by atoms with Crippen molar-refractivity contribution in [3.63, 3.8) is 0 Å². The molecular formula is C24H35N5O2S. The maximum absolute atomic E-state index is 12.7. The van der Waals surface area contributed by atoms with E-state index in [1.54, 1.807) is 11.8 Å². The Kier molecular flexibility index (Phi) is 7.98. The number of carbonyl (C=O) groups excluding carboxylic acids is 2. The summed E-state index contributed by atoms with van der Waals surface area (Å²) in [4.78, 5) is 29.1. The number of hydrogen-bond acceptors (Lipinski definition) is 5. The average Bonchev–Trinajstić information content (AvgIpc) is 3.13. The van der Waals surface area contributed by atoms with Crippen LogP contribution in [0.5, 0.6) is 0 Å². The summed E-state index contributed by atoms with van der Waals surface area (Å²) in [6.45, 7) is 11.7. The van der Waals surface area contributed by atoms with Gasteiger partial charge in [0.1, 0.15) is 5.82 Å². The normalized spacial score (nSPS) is 17.0. The number of aryl methyl sites for hydroxylation is 1. The molecule has 3 rings (SSSR count). The van der Waals surface area contributed by atoms with E-state index in [4.69, 9.17) is 0 Å². The second-order valence-electron chi connectivity index (χ2n) is 9.44. The number of para-hydroxylation sites is 1. The number of amides is 2. The summed E-state index contributed by atoms with van der Waals surface area (Å²) >= 11 is 1.68. The molecule has 2 aromatic rings. The molecule has 7 nitrogen and oxygen atoms in total. The predicted octanol–water partition coefficient (Wildman–Crippen LogP) is 3.94. The molecule has 0 aliphatic carbocycles. The summed E-state index contributed by atoms with van der Waals surface area (Å²) < 4.78 is 2.07. The van der Waals surface area contributed by atoms with Crippen LogP contribution in [0.15, 0.2) is 35.5 Å². The van der Waals surface area contributed by atoms with Gasteiger partial charge in [0, 0.05) is 49.0 Å². The van der Waals surface area contributed by atoms with Crippen LogP contribution in [0.1, 0.15) is 52.8 Å². The van der Waals surface area contributed by atoms with Gasteiger partial charge in [-0.3, -0.25) is 14.2 Å². The van der Waals surface area contributed by atoms with Crippen LogP contribution < -0.4 is 0 Å². The van der Waals surface area contributed by atoms with E-state index in [-0.39, 0.29) is 23.3 Å². The fraction of sp³-hybridized carbons (Fsp3) is 0.583. The first kappa shape index (κ1) is 24.3. The van der Waals surface area contributed by atoms with Crippen molar-refractivity contribution >= 4 is 23.6 Å². The monoisotopic (exact) mass is 457 g/mol. The second-order valence-corrected chi connectivity index (χ2v) is 10.5. The summed E-state index contributed by atoms with van der Waals surface area (Å²) in [5, 5.41) is 9.42. The molecule has 1 aromatic carbocycles. The second kappa shape index (κ2) is 10.5. The average molecular weight is 458 g/mol. The zero-order valence-electron chi connectivity index (χ0n) is 19.9. The summed E-state index contributed by atoms with van der Waals surface area (Å²) in [5.74, 6) is 2.11. The molecule has 8 heteroatoms. The molecular weight excluding hydrogens is 422 g/mol. The van der Waals surface area contributed by atoms with Crippen LogP contribution in [-0.4, -0.2) is 67.8 Å². The first-order chi connectivity index (χ1) is 15.2. The molecule has 2 heterocycles. The van der Waals surface area contributed by atoms with Gasteiger partial charge >= 0.3 is 0 Å². The highest BCUT2D eigenvalue weighted by Gasteiger charge is 2.34. The van der Waals surface area contributed by atoms with Crippen LogP contribution >= 0.6 is 11.8 Å². The zero-order valence-corrected chi connectivity index (χ0v) is 20.7. The Bertz CT molecular complexity index is 922. The Morgan fingerprint density at radius 3 is 2.47 bits per heavy atom. The van der Waals surface area contributed by atoms with Crippen LogP contribution in [-0.2, 0) is 9.59 Å². The Balaban J connectivity index is 1.42. The highest BCUT2D eigenvalue weighted by atomic mass is 32.2. The van der Waals surface area contributed by atoms with Crippen molar-refractivity contribution in [2.75, 3.05) is 25.4 Å². The van der Waals surface area contributed by atoms with Crippen molar-refractivity contribution in [2.24, 2.45) is 5.41 Å². The number of aromatic nitrogens is 3. The van der Waals surface area contributed by atoms with Crippen molar-refractivity contribution in [1.29, 1.82) is 0 Å². The zero-order chi connectivity index (χ0) is 23.3. The summed E-state index contributed by atoms with van der Waals surface area (Å²) in [5.41, 5.74) is 0.673. The Morgan fingerprint density at radius 2 is 1.81 bits per heavy atom. The minimum Gasteiger partial charge on any atom is -0.339 e. The minimum atomic E-state index is -0.388. The van der Waals surface area contributed by atoms with Gasteiger partial charge < -0.3 is 9.80 Å². The van der Waals surface area contributed by atoms with Gasteiger partial charge in [0.15, 0.2) is 5.16 Å². The minimum absolute atomic E-state index is 0.0579. The van der Waals surface area contributed by atoms with E-state index in [2.05, 4.69) is 26.9 Å². The van der Waals surface area contributed by atoms with Crippen LogP contribution in [0.2, 0.25) is 0 Å². The van der Waals surface area contributed by atoms with Crippen LogP contribution in [0.3, 0.4) is 0 Å². The molecule has 1 aliphatic rings. The lowest BCUT2D eigenvalue weighted by molar-refractivity contribution is -0.148. The molecule has 1 saturated heterocycles. The quantitative estimate of drug-likeness (QED) is 0.465. The summed E-state index contributed by atoms with van der Waals surface area (Å²) in [6.07, 6.45) is 2.33. The fourth-order valence-electron chi connectivity index (χ4n) is 3.93. The van der Waals surface area contributed by atoms with E-state index in [9.17, 15) is 9.59 Å². The maximum Gasteiger partial charge on any atom is 0.228 e. The number of piperazine rings is 1. The summed E-state index contributed by atoms with van der Waals surface area (Å²) in [6, 6.07) is 10.2. The number of rotatable bonds is 7. The lowest BCUT2D eigenvalue weighted by Gasteiger charge is -2.42. The molecule has 174 valence electrons. The number of hydrogen-bond donors (Lipinski definition) is 0. The molecule has 1 fully saturated rings. The highest BCUT2D eigenvalue weighted by Crippen LogP contribution is 2.24. The van der Waals surface area contributed by atoms with Gasteiger partial charge in [-0.2, -0.15) is 0 Å². The number of thioether (sulfide) groups is 1. The van der Waals surface area contributed by atoms with E-state index in [0.29, 0.717) is 26.1 Å². The maximum atomic E-state index is 12.7. The molecule has 1 aromatic heterocycles. The Morgan fingerprint density at radius 1 is 1.09 bits per heavy atom. The van der Waals surface area contributed by atoms with E-state index >= 15 is 0 Å². The Hall–Kier alpha value is -2.35. The number of carbonyl (C=O) groups is 2. The van der Waals surface area contributed by atoms with Gasteiger partial charge in [0.2, 0.25) is 11.8 Å². The topological polar surface area (TPSA) is 71.3 Å². The molecule has 2 amide bonds. The third-order valence-electron chi connectivity index (χ3n) is 5.71. The van der Waals surface area contributed by atoms with E-state index in [0.717, 1.165) is 35.3 Å². The Labute approximate surface area is 195 Å². The standard InChI is InChI=1S/C24H35N5O2S/c1-18-17-27(14-15-28(18)22(31)24(3,4)5)21(30)13-9-10-16-32-23-26-25-19(2)29(23)20-11-7-6-8-12-20/h6-8,11-12,18H,9-10,13-17H2,1-5H3. The summed E-state index contributed by atoms with van der Waals surface area (Å²) in [7, 11) is 0. The lowest BCUT2D eigenvalue weighted by atomic mass is 9.93. The van der Waals surface area contributed by atoms with Crippen molar-refractivity contribution < 1.29 is 9.59 Å². The van der Waals surface area contributed by atoms with Crippen LogP contribution in [0, 0.1) is 12.3 Å². The number of unbranched alkanes of at least 4 members (excludes halogenated alkanes) is 1. The van der Waals surface area contributed by atoms with Gasteiger partial charge in [-0.1, -0.05) is 50.7 Å². The highest BCUT2D eigenvalue weighted by molar-refractivity contribution is 7.99. The molecule has 1 atom stereocenters. The van der Waals surface area contributed by atoms with E-state index in [1.807, 2.05) is 62.6 Å². The molecule has 0 N–H and O–H groups in total. The molecule has 1 unspecified atom stereocenters. The number of nitrogens with zero attached hydrogens (tertiary/aromatic N) is 5. The number of benzene rings is 1. The first-order valence-corrected chi connectivity index (χ1v) is 12.4. The third-order valence-corrected chi connectivity index (χ3v) is 6.72. The largest absolute Gasteiger partial charge is 0.339 e. The molecule has 0 saturated carbocycles. The van der Waals surface area contributed by atoms with Crippen molar-refractivity contribution in [2.45, 2.75) is 65.1 Å². The van der Waals surface area contributed by atoms with E-state index < -0.39 is 0 Å². The van der Waals surface area contributed by atoms with Gasteiger partial charge in [0.25, 0.3) is 0 Å². The van der Waals surface area contributed by atoms with Crippen LogP contribution in [0.4, 0.5) is 0 Å². The predicted molar refractivity (Wildman–Crippen MR) is 128 cm³/mol. The fourth-order valence-corrected chi connectivity index (χ4v) is 4.92. The molecule has 32 heavy (non-hydrogen) atoms. The molecule has 0 bridgehead atoms. The van der Waals surface area contributed by atoms with Gasteiger partial charge in [0.05, 0.1) is 0 Å². The van der Waals surface area contributed by atoms with Crippen molar-refractivity contribution in [3.05, 3.63) is 36.2 Å². The first-order valence-electron chi connectivity index (χ1n) is 11.4.